The van der Waals surface area contributed by atoms with E-state index in [4.69, 9.17) is 9.72 Å². The SMILES string of the molecule is Cc1csc2nc3c(n12)CCC31CCOCC1. The van der Waals surface area contributed by atoms with Crippen LogP contribution in [-0.2, 0) is 16.6 Å². The molecule has 0 bridgehead atoms. The normalized spacial score (nSPS) is 22.4. The smallest absolute Gasteiger partial charge is 0.194 e. The second-order valence-corrected chi connectivity index (χ2v) is 6.13. The van der Waals surface area contributed by atoms with Crippen LogP contribution in [-0.4, -0.2) is 22.6 Å². The summed E-state index contributed by atoms with van der Waals surface area (Å²) in [4.78, 5) is 6.10. The minimum Gasteiger partial charge on any atom is -0.381 e. The van der Waals surface area contributed by atoms with E-state index in [0.717, 1.165) is 26.1 Å². The first kappa shape index (κ1) is 10.1. The lowest BCUT2D eigenvalue weighted by atomic mass is 9.78. The Morgan fingerprint density at radius 1 is 1.35 bits per heavy atom. The highest BCUT2D eigenvalue weighted by atomic mass is 32.1. The number of rotatable bonds is 0. The summed E-state index contributed by atoms with van der Waals surface area (Å²) in [5, 5.41) is 2.21. The quantitative estimate of drug-likeness (QED) is 0.716. The standard InChI is InChI=1S/C13H16N2OS/c1-9-8-17-12-14-11-10(15(9)12)2-3-13(11)4-6-16-7-5-13/h8H,2-7H2,1H3. The zero-order chi connectivity index (χ0) is 11.5. The summed E-state index contributed by atoms with van der Waals surface area (Å²) in [5.41, 5.74) is 4.53. The first-order chi connectivity index (χ1) is 8.30. The number of hydrogen-bond acceptors (Lipinski definition) is 3. The summed E-state index contributed by atoms with van der Waals surface area (Å²) >= 11 is 1.77. The molecule has 0 N–H and O–H groups in total. The fourth-order valence-electron chi connectivity index (χ4n) is 3.44. The van der Waals surface area contributed by atoms with Gasteiger partial charge < -0.3 is 4.74 Å². The molecule has 3 heterocycles. The molecule has 0 saturated carbocycles. The van der Waals surface area contributed by atoms with Gasteiger partial charge in [0.1, 0.15) is 0 Å². The van der Waals surface area contributed by atoms with Crippen LogP contribution >= 0.6 is 11.3 Å². The molecule has 0 amide bonds. The van der Waals surface area contributed by atoms with Crippen LogP contribution in [0.1, 0.15) is 36.3 Å². The Kier molecular flexibility index (Phi) is 1.97. The number of fused-ring (bicyclic) bond motifs is 4. The predicted molar refractivity (Wildman–Crippen MR) is 67.9 cm³/mol. The molecule has 0 aromatic carbocycles. The van der Waals surface area contributed by atoms with Crippen LogP contribution in [0, 0.1) is 6.92 Å². The van der Waals surface area contributed by atoms with Crippen LogP contribution in [0.15, 0.2) is 5.38 Å². The molecule has 2 aromatic rings. The molecule has 90 valence electrons. The minimum absolute atomic E-state index is 0.339. The van der Waals surface area contributed by atoms with Gasteiger partial charge in [-0.2, -0.15) is 0 Å². The molecule has 0 radical (unpaired) electrons. The van der Waals surface area contributed by atoms with Crippen molar-refractivity contribution in [1.29, 1.82) is 0 Å². The molecule has 0 atom stereocenters. The average Bonchev–Trinajstić information content (AvgIpc) is 2.97. The summed E-state index contributed by atoms with van der Waals surface area (Å²) in [6.45, 7) is 3.99. The molecule has 1 aliphatic heterocycles. The number of hydrogen-bond donors (Lipinski definition) is 0. The van der Waals surface area contributed by atoms with Crippen molar-refractivity contribution in [3.05, 3.63) is 22.5 Å². The highest BCUT2D eigenvalue weighted by Gasteiger charge is 2.43. The third-order valence-electron chi connectivity index (χ3n) is 4.42. The van der Waals surface area contributed by atoms with Gasteiger partial charge in [0.15, 0.2) is 4.96 Å². The van der Waals surface area contributed by atoms with Gasteiger partial charge in [-0.05, 0) is 32.6 Å². The number of thiazole rings is 1. The van der Waals surface area contributed by atoms with Gasteiger partial charge in [0.2, 0.25) is 0 Å². The molecular formula is C13H16N2OS. The maximum absolute atomic E-state index is 5.52. The van der Waals surface area contributed by atoms with E-state index < -0.39 is 0 Å². The summed E-state index contributed by atoms with van der Waals surface area (Å²) in [5.74, 6) is 0. The topological polar surface area (TPSA) is 26.5 Å². The molecule has 0 unspecified atom stereocenters. The lowest BCUT2D eigenvalue weighted by Gasteiger charge is -2.32. The average molecular weight is 248 g/mol. The van der Waals surface area contributed by atoms with Crippen molar-refractivity contribution in [2.45, 2.75) is 38.0 Å². The molecule has 1 aliphatic carbocycles. The van der Waals surface area contributed by atoms with Crippen LogP contribution in [0.4, 0.5) is 0 Å². The van der Waals surface area contributed by atoms with E-state index in [0.29, 0.717) is 5.41 Å². The Hall–Kier alpha value is -0.870. The fourth-order valence-corrected chi connectivity index (χ4v) is 4.33. The predicted octanol–water partition coefficient (Wildman–Crippen LogP) is 2.70. The molecule has 3 nitrogen and oxygen atoms in total. The van der Waals surface area contributed by atoms with Crippen LogP contribution in [0.25, 0.3) is 4.96 Å². The molecule has 17 heavy (non-hydrogen) atoms. The van der Waals surface area contributed by atoms with Crippen molar-refractivity contribution in [1.82, 2.24) is 9.38 Å². The van der Waals surface area contributed by atoms with E-state index in [1.165, 1.54) is 34.9 Å². The van der Waals surface area contributed by atoms with Gasteiger partial charge in [-0.3, -0.25) is 4.40 Å². The molecule has 4 rings (SSSR count). The second-order valence-electron chi connectivity index (χ2n) is 5.29. The second kappa shape index (κ2) is 3.33. The third kappa shape index (κ3) is 1.23. The molecular weight excluding hydrogens is 232 g/mol. The van der Waals surface area contributed by atoms with Gasteiger partial charge in [0, 0.05) is 35.4 Å². The highest BCUT2D eigenvalue weighted by molar-refractivity contribution is 7.15. The third-order valence-corrected chi connectivity index (χ3v) is 5.37. The fraction of sp³-hybridized carbons (Fsp3) is 0.615. The molecule has 1 spiro atoms. The summed E-state index contributed by atoms with van der Waals surface area (Å²) < 4.78 is 7.88. The lowest BCUT2D eigenvalue weighted by Crippen LogP contribution is -2.31. The number of aryl methyl sites for hydroxylation is 2. The van der Waals surface area contributed by atoms with Crippen LogP contribution < -0.4 is 0 Å². The summed E-state index contributed by atoms with van der Waals surface area (Å²) in [6.07, 6.45) is 4.77. The summed E-state index contributed by atoms with van der Waals surface area (Å²) in [6, 6.07) is 0. The zero-order valence-corrected chi connectivity index (χ0v) is 10.8. The Morgan fingerprint density at radius 2 is 2.18 bits per heavy atom. The van der Waals surface area contributed by atoms with Crippen molar-refractivity contribution in [2.75, 3.05) is 13.2 Å². The summed E-state index contributed by atoms with van der Waals surface area (Å²) in [7, 11) is 0. The molecule has 1 saturated heterocycles. The van der Waals surface area contributed by atoms with E-state index in [-0.39, 0.29) is 0 Å². The van der Waals surface area contributed by atoms with E-state index in [1.807, 2.05) is 0 Å². The highest BCUT2D eigenvalue weighted by Crippen LogP contribution is 2.46. The van der Waals surface area contributed by atoms with Crippen LogP contribution in [0.2, 0.25) is 0 Å². The van der Waals surface area contributed by atoms with Crippen molar-refractivity contribution in [2.24, 2.45) is 0 Å². The van der Waals surface area contributed by atoms with Gasteiger partial charge in [-0.15, -0.1) is 11.3 Å². The van der Waals surface area contributed by atoms with E-state index in [2.05, 4.69) is 16.7 Å². The van der Waals surface area contributed by atoms with E-state index in [9.17, 15) is 0 Å². The van der Waals surface area contributed by atoms with Gasteiger partial charge in [0.25, 0.3) is 0 Å². The largest absolute Gasteiger partial charge is 0.381 e. The Labute approximate surface area is 104 Å². The molecule has 2 aliphatic rings. The Morgan fingerprint density at radius 3 is 3.00 bits per heavy atom. The van der Waals surface area contributed by atoms with Crippen LogP contribution in [0.5, 0.6) is 0 Å². The maximum Gasteiger partial charge on any atom is 0.194 e. The van der Waals surface area contributed by atoms with Crippen LogP contribution in [0.3, 0.4) is 0 Å². The lowest BCUT2D eigenvalue weighted by molar-refractivity contribution is 0.0494. The van der Waals surface area contributed by atoms with Gasteiger partial charge in [-0.25, -0.2) is 4.98 Å². The van der Waals surface area contributed by atoms with Crippen molar-refractivity contribution < 1.29 is 4.74 Å². The number of imidazole rings is 1. The maximum atomic E-state index is 5.52. The molecule has 2 aromatic heterocycles. The van der Waals surface area contributed by atoms with Crippen molar-refractivity contribution in [3.63, 3.8) is 0 Å². The van der Waals surface area contributed by atoms with Gasteiger partial charge in [0.05, 0.1) is 5.69 Å². The van der Waals surface area contributed by atoms with Crippen molar-refractivity contribution in [3.8, 4) is 0 Å². The monoisotopic (exact) mass is 248 g/mol. The minimum atomic E-state index is 0.339. The molecule has 4 heteroatoms. The molecule has 1 fully saturated rings. The number of ether oxygens (including phenoxy) is 1. The van der Waals surface area contributed by atoms with Crippen molar-refractivity contribution >= 4 is 16.3 Å². The number of nitrogens with zero attached hydrogens (tertiary/aromatic N) is 2. The first-order valence-electron chi connectivity index (χ1n) is 6.34. The van der Waals surface area contributed by atoms with E-state index in [1.54, 1.807) is 11.3 Å². The number of aromatic nitrogens is 2. The Balaban J connectivity index is 1.92. The van der Waals surface area contributed by atoms with E-state index >= 15 is 0 Å². The van der Waals surface area contributed by atoms with Gasteiger partial charge in [-0.1, -0.05) is 0 Å². The zero-order valence-electron chi connectivity index (χ0n) is 10.0. The first-order valence-corrected chi connectivity index (χ1v) is 7.22. The Bertz CT molecular complexity index is 578. The van der Waals surface area contributed by atoms with Gasteiger partial charge >= 0.3 is 0 Å².